The molecule has 0 saturated heterocycles. The lowest BCUT2D eigenvalue weighted by Crippen LogP contribution is -2.52. The zero-order valence-electron chi connectivity index (χ0n) is 16.9. The lowest BCUT2D eigenvalue weighted by atomic mass is 9.47. The van der Waals surface area contributed by atoms with Crippen molar-refractivity contribution in [3.05, 3.63) is 11.6 Å². The van der Waals surface area contributed by atoms with Crippen molar-refractivity contribution in [2.24, 2.45) is 28.6 Å². The first-order valence-corrected chi connectivity index (χ1v) is 14.0. The lowest BCUT2D eigenvalue weighted by molar-refractivity contribution is -0.117. The van der Waals surface area contributed by atoms with Gasteiger partial charge in [-0.25, -0.2) is 0 Å². The Morgan fingerprint density at radius 2 is 1.76 bits per heavy atom. The van der Waals surface area contributed by atoms with E-state index in [0.29, 0.717) is 22.7 Å². The van der Waals surface area contributed by atoms with E-state index in [-0.39, 0.29) is 0 Å². The first-order chi connectivity index (χ1) is 11.6. The lowest BCUT2D eigenvalue weighted by Gasteiger charge is -2.58. The Bertz CT molecular complexity index is 604. The molecule has 3 heteroatoms. The van der Waals surface area contributed by atoms with E-state index in [2.05, 4.69) is 33.5 Å². The van der Waals surface area contributed by atoms with Crippen LogP contribution < -0.4 is 0 Å². The van der Waals surface area contributed by atoms with Crippen molar-refractivity contribution >= 4 is 14.1 Å². The molecule has 0 radical (unpaired) electrons. The first-order valence-electron chi connectivity index (χ1n) is 10.6. The van der Waals surface area contributed by atoms with Crippen LogP contribution in [-0.2, 0) is 9.22 Å². The Kier molecular flexibility index (Phi) is 4.16. The van der Waals surface area contributed by atoms with E-state index in [4.69, 9.17) is 4.43 Å². The second kappa shape index (κ2) is 5.79. The molecule has 25 heavy (non-hydrogen) atoms. The molecule has 0 heterocycles. The van der Waals surface area contributed by atoms with Crippen LogP contribution in [0.15, 0.2) is 11.6 Å². The van der Waals surface area contributed by atoms with Crippen molar-refractivity contribution in [3.8, 4) is 0 Å². The number of ketones is 1. The van der Waals surface area contributed by atoms with Gasteiger partial charge in [-0.2, -0.15) is 0 Å². The van der Waals surface area contributed by atoms with Gasteiger partial charge in [0.05, 0.1) is 6.10 Å². The molecule has 6 unspecified atom stereocenters. The highest BCUT2D eigenvalue weighted by molar-refractivity contribution is 6.69. The van der Waals surface area contributed by atoms with Gasteiger partial charge in [0, 0.05) is 6.42 Å². The molecule has 0 aliphatic heterocycles. The van der Waals surface area contributed by atoms with Gasteiger partial charge in [0.25, 0.3) is 0 Å². The van der Waals surface area contributed by atoms with Gasteiger partial charge in [-0.05, 0) is 99.2 Å². The summed E-state index contributed by atoms with van der Waals surface area (Å²) in [5, 5.41) is 0. The molecule has 0 amide bonds. The summed E-state index contributed by atoms with van der Waals surface area (Å²) in [5.74, 6) is 2.85. The molecule has 6 atom stereocenters. The first kappa shape index (κ1) is 18.0. The fraction of sp³-hybridized carbons (Fsp3) is 0.864. The van der Waals surface area contributed by atoms with Gasteiger partial charge in [0.1, 0.15) is 0 Å². The number of rotatable bonds is 2. The predicted octanol–water partition coefficient (Wildman–Crippen LogP) is 5.74. The van der Waals surface area contributed by atoms with Crippen LogP contribution >= 0.6 is 0 Å². The molecular formula is C22H36O2Si. The Hall–Kier alpha value is -0.413. The van der Waals surface area contributed by atoms with Crippen LogP contribution in [0.5, 0.6) is 0 Å². The summed E-state index contributed by atoms with van der Waals surface area (Å²) in [7, 11) is -1.49. The number of allylic oxidation sites excluding steroid dienone is 1. The Balaban J connectivity index is 1.60. The summed E-state index contributed by atoms with van der Waals surface area (Å²) in [6.45, 7) is 12.0. The van der Waals surface area contributed by atoms with Crippen molar-refractivity contribution in [1.82, 2.24) is 0 Å². The summed E-state index contributed by atoms with van der Waals surface area (Å²) in [6.07, 6.45) is 12.1. The average molecular weight is 361 g/mol. The third-order valence-electron chi connectivity index (χ3n) is 8.37. The second-order valence-electron chi connectivity index (χ2n) is 10.8. The van der Waals surface area contributed by atoms with Gasteiger partial charge in [-0.15, -0.1) is 0 Å². The van der Waals surface area contributed by atoms with Gasteiger partial charge in [-0.3, -0.25) is 4.79 Å². The minimum absolute atomic E-state index is 0.301. The summed E-state index contributed by atoms with van der Waals surface area (Å²) in [5.41, 5.74) is 2.18. The SMILES string of the molecule is CC12CCC(=O)C=C1CCC1C2CCC2(C)C(O[Si](C)(C)C)CCC12. The zero-order chi connectivity index (χ0) is 18.0. The molecule has 4 rings (SSSR count). The van der Waals surface area contributed by atoms with Crippen molar-refractivity contribution in [3.63, 3.8) is 0 Å². The molecule has 0 N–H and O–H groups in total. The Morgan fingerprint density at radius 3 is 2.48 bits per heavy atom. The molecule has 3 fully saturated rings. The molecule has 3 saturated carbocycles. The number of hydrogen-bond acceptors (Lipinski definition) is 2. The maximum atomic E-state index is 11.9. The van der Waals surface area contributed by atoms with Crippen molar-refractivity contribution < 1.29 is 9.22 Å². The van der Waals surface area contributed by atoms with Gasteiger partial charge < -0.3 is 4.43 Å². The van der Waals surface area contributed by atoms with E-state index in [0.717, 1.165) is 37.0 Å². The van der Waals surface area contributed by atoms with Gasteiger partial charge in [0.15, 0.2) is 14.1 Å². The molecule has 4 aliphatic rings. The summed E-state index contributed by atoms with van der Waals surface area (Å²) >= 11 is 0. The number of carbonyl (C=O) groups excluding carboxylic acids is 1. The van der Waals surface area contributed by atoms with E-state index in [9.17, 15) is 4.79 Å². The number of carbonyl (C=O) groups is 1. The summed E-state index contributed by atoms with van der Waals surface area (Å²) in [6, 6.07) is 0. The van der Waals surface area contributed by atoms with E-state index in [1.54, 1.807) is 0 Å². The molecule has 0 aromatic rings. The monoisotopic (exact) mass is 360 g/mol. The average Bonchev–Trinajstić information content (AvgIpc) is 2.83. The van der Waals surface area contributed by atoms with Crippen LogP contribution in [0.2, 0.25) is 19.6 Å². The van der Waals surface area contributed by atoms with E-state index in [1.165, 1.54) is 37.7 Å². The van der Waals surface area contributed by atoms with E-state index < -0.39 is 8.32 Å². The molecular weight excluding hydrogens is 324 g/mol. The number of fused-ring (bicyclic) bond motifs is 5. The second-order valence-corrected chi connectivity index (χ2v) is 15.3. The molecule has 2 nitrogen and oxygen atoms in total. The van der Waals surface area contributed by atoms with Gasteiger partial charge in [0.2, 0.25) is 0 Å². The Morgan fingerprint density at radius 1 is 1.00 bits per heavy atom. The fourth-order valence-electron chi connectivity index (χ4n) is 7.13. The van der Waals surface area contributed by atoms with Crippen molar-refractivity contribution in [2.75, 3.05) is 0 Å². The van der Waals surface area contributed by atoms with Gasteiger partial charge >= 0.3 is 0 Å². The van der Waals surface area contributed by atoms with Crippen LogP contribution in [0.1, 0.15) is 65.2 Å². The molecule has 0 spiro atoms. The van der Waals surface area contributed by atoms with E-state index >= 15 is 0 Å². The molecule has 0 bridgehead atoms. The van der Waals surface area contributed by atoms with Gasteiger partial charge in [-0.1, -0.05) is 19.4 Å². The smallest absolute Gasteiger partial charge is 0.184 e. The molecule has 4 aliphatic carbocycles. The van der Waals surface area contributed by atoms with Crippen LogP contribution in [0.4, 0.5) is 0 Å². The largest absolute Gasteiger partial charge is 0.414 e. The van der Waals surface area contributed by atoms with Crippen molar-refractivity contribution in [2.45, 2.75) is 91.0 Å². The van der Waals surface area contributed by atoms with Crippen LogP contribution in [0.25, 0.3) is 0 Å². The Labute approximate surface area is 154 Å². The highest BCUT2D eigenvalue weighted by atomic mass is 28.4. The molecule has 140 valence electrons. The minimum Gasteiger partial charge on any atom is -0.414 e. The maximum absolute atomic E-state index is 11.9. The normalized spacial score (nSPS) is 46.9. The van der Waals surface area contributed by atoms with Crippen LogP contribution in [0.3, 0.4) is 0 Å². The van der Waals surface area contributed by atoms with Crippen LogP contribution in [0, 0.1) is 28.6 Å². The third-order valence-corrected chi connectivity index (χ3v) is 9.36. The third kappa shape index (κ3) is 2.81. The summed E-state index contributed by atoms with van der Waals surface area (Å²) < 4.78 is 6.68. The van der Waals surface area contributed by atoms with Crippen LogP contribution in [-0.4, -0.2) is 20.2 Å². The highest BCUT2D eigenvalue weighted by Crippen LogP contribution is 2.65. The number of hydrogen-bond donors (Lipinski definition) is 0. The predicted molar refractivity (Wildman–Crippen MR) is 105 cm³/mol. The molecule has 0 aromatic heterocycles. The standard InChI is InChI=1S/C22H36O2Si/c1-21-12-10-16(23)14-15(21)6-7-17-18-8-9-20(24-25(3,4)5)22(18,2)13-11-19(17)21/h14,17-20H,6-13H2,1-5H3. The topological polar surface area (TPSA) is 26.3 Å². The zero-order valence-corrected chi connectivity index (χ0v) is 17.9. The maximum Gasteiger partial charge on any atom is 0.184 e. The van der Waals surface area contributed by atoms with E-state index in [1.807, 2.05) is 6.08 Å². The fourth-order valence-corrected chi connectivity index (χ4v) is 8.37. The summed E-state index contributed by atoms with van der Waals surface area (Å²) in [4.78, 5) is 11.9. The molecule has 0 aromatic carbocycles. The minimum atomic E-state index is -1.49. The highest BCUT2D eigenvalue weighted by Gasteiger charge is 2.59. The van der Waals surface area contributed by atoms with Crippen molar-refractivity contribution in [1.29, 1.82) is 0 Å². The quantitative estimate of drug-likeness (QED) is 0.587.